The van der Waals surface area contributed by atoms with Crippen LogP contribution < -0.4 is 31.5 Å². The average molecular weight is 1020 g/mol. The molecule has 3 atom stereocenters. The number of carboxylic acid groups (broad SMARTS) is 1. The number of ether oxygens (including phenoxy) is 1. The van der Waals surface area contributed by atoms with Gasteiger partial charge in [-0.15, -0.1) is 0 Å². The number of aliphatic hydroxyl groups excluding tert-OH is 7. The van der Waals surface area contributed by atoms with E-state index in [2.05, 4.69) is 117 Å². The Morgan fingerprint density at radius 1 is 0.571 bits per heavy atom. The molecule has 0 aromatic heterocycles. The normalized spacial score (nSPS) is 13.4. The number of hydrogen-bond acceptors (Lipinski definition) is 13. The lowest BCUT2D eigenvalue weighted by atomic mass is 10.2. The quantitative estimate of drug-likeness (QED) is 0.0233. The maximum Gasteiger partial charge on any atom is 0.359 e. The van der Waals surface area contributed by atoms with Gasteiger partial charge in [-0.1, -0.05) is 88.6 Å². The molecule has 70 heavy (non-hydrogen) atoms. The van der Waals surface area contributed by atoms with E-state index in [-0.39, 0.29) is 49.4 Å². The summed E-state index contributed by atoms with van der Waals surface area (Å²) in [6.07, 6.45) is 1.22. The van der Waals surface area contributed by atoms with E-state index in [1.165, 1.54) is 0 Å². The van der Waals surface area contributed by atoms with Gasteiger partial charge in [0.1, 0.15) is 68.8 Å². The topological polar surface area (TPSA) is 257 Å². The molecule has 0 aliphatic rings. The average Bonchev–Trinajstić information content (AvgIpc) is 3.17. The number of hydrogen-bond donors (Lipinski definition) is 14. The smallest absolute Gasteiger partial charge is 0.359 e. The SMILES string of the molecule is C=C(O)C[N+](C)(C)CCNC(C)C.C=C(O)C[N+](C)(CCO)CCNC(C)C.C=C(O)C[NH+](CCO)CCNC(C)C.C=C(O)C[NH2+]CCOC(C)C.CCC[N+](CCO)(CCNC(C)C)CC(=O)O. The number of nitrogens with zero attached hydrogens (tertiary/aromatic N) is 3. The van der Waals surface area contributed by atoms with E-state index in [4.69, 9.17) is 40.5 Å². The van der Waals surface area contributed by atoms with Crippen LogP contribution in [-0.2, 0) is 9.53 Å². The number of rotatable bonds is 38. The Bertz CT molecular complexity index is 1280. The molecule has 19 heteroatoms. The molecule has 0 spiro atoms. The number of likely N-dealkylation sites (N-methyl/N-ethyl adjacent to an activating group) is 2. The van der Waals surface area contributed by atoms with Crippen LogP contribution in [0.3, 0.4) is 0 Å². The molecule has 0 heterocycles. The molecule has 0 radical (unpaired) electrons. The van der Waals surface area contributed by atoms with Crippen molar-refractivity contribution in [2.75, 3.05) is 165 Å². The summed E-state index contributed by atoms with van der Waals surface area (Å²) in [7, 11) is 6.19. The fraction of sp³-hybridized carbons (Fsp3) is 0.824. The lowest BCUT2D eigenvalue weighted by Gasteiger charge is -2.37. The Kier molecular flexibility index (Phi) is 51.2. The molecule has 19 nitrogen and oxygen atoms in total. The van der Waals surface area contributed by atoms with Gasteiger partial charge >= 0.3 is 5.97 Å². The number of nitrogens with two attached hydrogens (primary N) is 1. The zero-order chi connectivity index (χ0) is 55.4. The largest absolute Gasteiger partial charge is 0.507 e. The maximum absolute atomic E-state index is 10.9. The van der Waals surface area contributed by atoms with Crippen LogP contribution in [0.4, 0.5) is 0 Å². The molecule has 3 unspecified atom stereocenters. The predicted octanol–water partition coefficient (Wildman–Crippen LogP) is 0.895. The van der Waals surface area contributed by atoms with Crippen LogP contribution in [0.1, 0.15) is 82.6 Å². The summed E-state index contributed by atoms with van der Waals surface area (Å²) in [5.74, 6) is 0.0361. The molecule has 15 N–H and O–H groups in total. The van der Waals surface area contributed by atoms with E-state index >= 15 is 0 Å². The molecule has 0 bridgehead atoms. The third-order valence-corrected chi connectivity index (χ3v) is 10.3. The summed E-state index contributed by atoms with van der Waals surface area (Å²) in [6.45, 7) is 50.5. The molecule has 0 aromatic carbocycles. The van der Waals surface area contributed by atoms with E-state index < -0.39 is 5.97 Å². The maximum atomic E-state index is 10.9. The summed E-state index contributed by atoms with van der Waals surface area (Å²) < 4.78 is 7.13. The predicted molar refractivity (Wildman–Crippen MR) is 289 cm³/mol. The Morgan fingerprint density at radius 2 is 1.04 bits per heavy atom. The van der Waals surface area contributed by atoms with Crippen LogP contribution in [0.25, 0.3) is 0 Å². The number of nitrogens with one attached hydrogen (secondary N) is 5. The molecular formula is C51H116N9O10+5. The van der Waals surface area contributed by atoms with Crippen LogP contribution in [0.2, 0.25) is 0 Å². The highest BCUT2D eigenvalue weighted by atomic mass is 16.5. The first-order chi connectivity index (χ1) is 32.4. The van der Waals surface area contributed by atoms with E-state index in [0.717, 1.165) is 87.9 Å². The Balaban J connectivity index is -0.000000253. The van der Waals surface area contributed by atoms with Crippen molar-refractivity contribution in [3.8, 4) is 0 Å². The van der Waals surface area contributed by atoms with Gasteiger partial charge in [-0.2, -0.15) is 0 Å². The van der Waals surface area contributed by atoms with Gasteiger partial charge in [0.25, 0.3) is 0 Å². The number of carboxylic acids is 1. The summed E-state index contributed by atoms with van der Waals surface area (Å²) in [5, 5.41) is 87.1. The highest BCUT2D eigenvalue weighted by Crippen LogP contribution is 2.08. The third kappa shape index (κ3) is 61.2. The molecule has 0 fully saturated rings. The third-order valence-electron chi connectivity index (χ3n) is 10.3. The fourth-order valence-electron chi connectivity index (χ4n) is 6.88. The lowest BCUT2D eigenvalue weighted by Crippen LogP contribution is -3.13. The van der Waals surface area contributed by atoms with Gasteiger partial charge in [-0.3, -0.25) is 0 Å². The zero-order valence-corrected chi connectivity index (χ0v) is 47.3. The fourth-order valence-corrected chi connectivity index (χ4v) is 6.88. The minimum Gasteiger partial charge on any atom is -0.507 e. The standard InChI is InChI=1S/C12H26N2O3.C11H24N2O2.C10H22N2O2.C10H22N2O.C8H17NO2/c1-4-6-14(8-9-15,10-12(16)17)7-5-13-11(2)3;1-10(2)12-5-6-13(4,7-8-14)9-11(3)15;1-9(2)11-4-5-12(6-7-13)8-10(3)14;1-9(2)11-6-7-12(4,5)8-10(3)13;1-7(2)11-5-4-9-6-8(3)10/h11,13,15H,4-10H2,1-3H3;10,12,14H,3,5-9H2,1-2,4H3;9,11,13-14H,3-8H2,1-2H3;9,11H,3,6-8H2,1-2,4-5H3;7,9-10H,3-6H2,1-2H3/p+5. The number of aliphatic hydroxyl groups is 7. The first-order valence-electron chi connectivity index (χ1n) is 25.6. The summed E-state index contributed by atoms with van der Waals surface area (Å²) in [6, 6.07) is 1.86. The van der Waals surface area contributed by atoms with Gasteiger partial charge in [0.15, 0.2) is 6.54 Å². The second-order valence-corrected chi connectivity index (χ2v) is 20.6. The molecule has 420 valence electrons. The number of quaternary nitrogens is 5. The van der Waals surface area contributed by atoms with Crippen molar-refractivity contribution in [1.29, 1.82) is 0 Å². The molecule has 0 aromatic rings. The molecule has 0 rings (SSSR count). The van der Waals surface area contributed by atoms with Crippen molar-refractivity contribution in [2.24, 2.45) is 0 Å². The molecule has 0 aliphatic carbocycles. The van der Waals surface area contributed by atoms with Crippen LogP contribution in [0, 0.1) is 0 Å². The first-order valence-corrected chi connectivity index (χ1v) is 25.6. The Hall–Kier alpha value is -2.89. The van der Waals surface area contributed by atoms with Crippen LogP contribution in [0.15, 0.2) is 49.4 Å². The van der Waals surface area contributed by atoms with E-state index in [1.54, 1.807) is 0 Å². The molecule has 0 amide bonds. The summed E-state index contributed by atoms with van der Waals surface area (Å²) in [4.78, 5) is 12.1. The van der Waals surface area contributed by atoms with Gasteiger partial charge in [-0.25, -0.2) is 4.79 Å². The minimum atomic E-state index is -0.795. The van der Waals surface area contributed by atoms with Crippen molar-refractivity contribution >= 4 is 5.97 Å². The first kappa shape index (κ1) is 76.0. The number of aliphatic carboxylic acids is 1. The highest BCUT2D eigenvalue weighted by Gasteiger charge is 2.29. The molecule has 0 aliphatic heterocycles. The second kappa shape index (κ2) is 47.1. The zero-order valence-electron chi connectivity index (χ0n) is 47.3. The number of carbonyl (C=O) groups is 1. The lowest BCUT2D eigenvalue weighted by molar-refractivity contribution is -0.920. The van der Waals surface area contributed by atoms with Crippen molar-refractivity contribution < 1.29 is 74.0 Å². The Labute approximate surface area is 427 Å². The van der Waals surface area contributed by atoms with Crippen LogP contribution >= 0.6 is 0 Å². The molecular weight excluding hydrogens is 899 g/mol. The van der Waals surface area contributed by atoms with E-state index in [9.17, 15) is 9.90 Å². The van der Waals surface area contributed by atoms with Crippen molar-refractivity contribution in [2.45, 2.75) is 113 Å². The van der Waals surface area contributed by atoms with Gasteiger partial charge in [0.2, 0.25) is 0 Å². The summed E-state index contributed by atoms with van der Waals surface area (Å²) >= 11 is 0. The monoisotopic (exact) mass is 1010 g/mol. The molecule has 0 saturated carbocycles. The van der Waals surface area contributed by atoms with Crippen LogP contribution in [-0.4, -0.2) is 256 Å². The van der Waals surface area contributed by atoms with Crippen LogP contribution in [0.5, 0.6) is 0 Å². The van der Waals surface area contributed by atoms with E-state index in [1.807, 2.05) is 33.1 Å². The highest BCUT2D eigenvalue weighted by molar-refractivity contribution is 5.67. The second-order valence-electron chi connectivity index (χ2n) is 20.6. The minimum absolute atomic E-state index is 0.0367. The van der Waals surface area contributed by atoms with Gasteiger partial charge in [-0.05, 0) is 20.3 Å². The Morgan fingerprint density at radius 3 is 1.43 bits per heavy atom. The van der Waals surface area contributed by atoms with Gasteiger partial charge < -0.3 is 90.5 Å². The summed E-state index contributed by atoms with van der Waals surface area (Å²) in [5.41, 5.74) is 0. The van der Waals surface area contributed by atoms with E-state index in [0.29, 0.717) is 85.1 Å². The van der Waals surface area contributed by atoms with Gasteiger partial charge in [0.05, 0.1) is 92.9 Å². The molecule has 0 saturated heterocycles. The van der Waals surface area contributed by atoms with Crippen molar-refractivity contribution in [3.05, 3.63) is 49.4 Å². The van der Waals surface area contributed by atoms with Gasteiger partial charge in [0, 0.05) is 50.3 Å². The van der Waals surface area contributed by atoms with Crippen molar-refractivity contribution in [1.82, 2.24) is 21.3 Å². The van der Waals surface area contributed by atoms with Crippen molar-refractivity contribution in [3.63, 3.8) is 0 Å².